The molecule has 2 atom stereocenters. The average Bonchev–Trinajstić information content (AvgIpc) is 2.75. The lowest BCUT2D eigenvalue weighted by atomic mass is 9.79. The number of fused-ring (bicyclic) bond motifs is 1. The lowest BCUT2D eigenvalue weighted by Crippen LogP contribution is -2.17. The van der Waals surface area contributed by atoms with E-state index in [4.69, 9.17) is 15.6 Å². The van der Waals surface area contributed by atoms with Gasteiger partial charge in [-0.05, 0) is 91.6 Å². The first-order chi connectivity index (χ1) is 13.7. The van der Waals surface area contributed by atoms with E-state index in [0.717, 1.165) is 37.4 Å². The van der Waals surface area contributed by atoms with Crippen LogP contribution >= 0.6 is 0 Å². The van der Waals surface area contributed by atoms with Crippen LogP contribution in [0.2, 0.25) is 0 Å². The molecular formula is C25H35NO2. The summed E-state index contributed by atoms with van der Waals surface area (Å²) in [4.78, 5) is 0. The Morgan fingerprint density at radius 1 is 1.14 bits per heavy atom. The molecule has 0 aromatic heterocycles. The summed E-state index contributed by atoms with van der Waals surface area (Å²) < 4.78 is 5.50. The zero-order chi connectivity index (χ0) is 19.8. The topological polar surface area (TPSA) is 55.5 Å². The fourth-order valence-electron chi connectivity index (χ4n) is 4.54. The van der Waals surface area contributed by atoms with Crippen LogP contribution in [0.4, 0.5) is 0 Å². The van der Waals surface area contributed by atoms with Gasteiger partial charge in [-0.3, -0.25) is 0 Å². The number of hydrogen-bond acceptors (Lipinski definition) is 3. The first-order valence-corrected chi connectivity index (χ1v) is 10.8. The minimum atomic E-state index is 0.276. The quantitative estimate of drug-likeness (QED) is 0.590. The Kier molecular flexibility index (Phi) is 7.93. The molecule has 0 heterocycles. The van der Waals surface area contributed by atoms with Gasteiger partial charge in [0.1, 0.15) is 5.75 Å². The van der Waals surface area contributed by atoms with Crippen LogP contribution in [0.25, 0.3) is 0 Å². The number of hydrogen-bond donors (Lipinski definition) is 2. The standard InChI is InChI=1S/C25H35NO2/c1-28-25-8-3-2-6-20(25)11-9-19-10-12-22-17-23(14-13-21(22)16-19)24(18-26)7-4-5-15-27/h2-3,6,8,13-14,17,19,24,27H,4-5,7,9-12,15-16,18,26H2,1H3/t19-,24-/m1/s1. The second kappa shape index (κ2) is 10.6. The van der Waals surface area contributed by atoms with Crippen molar-refractivity contribution in [1.82, 2.24) is 0 Å². The smallest absolute Gasteiger partial charge is 0.122 e. The lowest BCUT2D eigenvalue weighted by Gasteiger charge is -2.26. The summed E-state index contributed by atoms with van der Waals surface area (Å²) in [5.41, 5.74) is 11.8. The third-order valence-corrected chi connectivity index (χ3v) is 6.29. The third kappa shape index (κ3) is 5.36. The van der Waals surface area contributed by atoms with Crippen LogP contribution in [0.15, 0.2) is 42.5 Å². The Balaban J connectivity index is 1.59. The number of aliphatic hydroxyl groups is 1. The van der Waals surface area contributed by atoms with Gasteiger partial charge < -0.3 is 15.6 Å². The minimum Gasteiger partial charge on any atom is -0.496 e. The molecule has 1 aliphatic rings. The number of aliphatic hydroxyl groups excluding tert-OH is 1. The van der Waals surface area contributed by atoms with E-state index in [1.165, 1.54) is 47.9 Å². The summed E-state index contributed by atoms with van der Waals surface area (Å²) in [5, 5.41) is 9.01. The molecule has 2 aromatic rings. The largest absolute Gasteiger partial charge is 0.496 e. The summed E-state index contributed by atoms with van der Waals surface area (Å²) >= 11 is 0. The van der Waals surface area contributed by atoms with Gasteiger partial charge in [-0.15, -0.1) is 0 Å². The van der Waals surface area contributed by atoms with Crippen LogP contribution in [0.5, 0.6) is 5.75 Å². The molecule has 3 rings (SSSR count). The number of methoxy groups -OCH3 is 1. The molecule has 3 heteroatoms. The van der Waals surface area contributed by atoms with Gasteiger partial charge in [-0.25, -0.2) is 0 Å². The number of aryl methyl sites for hydroxylation is 2. The maximum absolute atomic E-state index is 9.01. The van der Waals surface area contributed by atoms with E-state index < -0.39 is 0 Å². The Hall–Kier alpha value is -1.84. The molecule has 0 saturated heterocycles. The predicted molar refractivity (Wildman–Crippen MR) is 116 cm³/mol. The SMILES string of the molecule is COc1ccccc1CC[C@@H]1CCc2cc([C@@H](CN)CCCCO)ccc2C1. The van der Waals surface area contributed by atoms with Crippen LogP contribution in [-0.4, -0.2) is 25.4 Å². The summed E-state index contributed by atoms with van der Waals surface area (Å²) in [6.45, 7) is 0.962. The second-order valence-corrected chi connectivity index (χ2v) is 8.14. The average molecular weight is 382 g/mol. The third-order valence-electron chi connectivity index (χ3n) is 6.29. The molecule has 3 N–H and O–H groups in total. The Labute approximate surface area is 169 Å². The Morgan fingerprint density at radius 3 is 2.79 bits per heavy atom. The van der Waals surface area contributed by atoms with Gasteiger partial charge in [0.25, 0.3) is 0 Å². The summed E-state index contributed by atoms with van der Waals surface area (Å²) in [7, 11) is 1.76. The molecule has 28 heavy (non-hydrogen) atoms. The summed E-state index contributed by atoms with van der Waals surface area (Å²) in [6, 6.07) is 15.4. The zero-order valence-corrected chi connectivity index (χ0v) is 17.2. The molecule has 3 nitrogen and oxygen atoms in total. The van der Waals surface area contributed by atoms with Crippen LogP contribution in [0, 0.1) is 5.92 Å². The highest BCUT2D eigenvalue weighted by molar-refractivity contribution is 5.36. The van der Waals surface area contributed by atoms with Gasteiger partial charge in [0.05, 0.1) is 7.11 Å². The van der Waals surface area contributed by atoms with Gasteiger partial charge in [-0.2, -0.15) is 0 Å². The first kappa shape index (κ1) is 20.9. The molecule has 1 aliphatic carbocycles. The first-order valence-electron chi connectivity index (χ1n) is 10.8. The maximum atomic E-state index is 9.01. The van der Waals surface area contributed by atoms with Gasteiger partial charge in [0.15, 0.2) is 0 Å². The molecule has 0 radical (unpaired) electrons. The Morgan fingerprint density at radius 2 is 2.00 bits per heavy atom. The van der Waals surface area contributed by atoms with Crippen molar-refractivity contribution in [1.29, 1.82) is 0 Å². The number of benzene rings is 2. The number of nitrogens with two attached hydrogens (primary N) is 1. The van der Waals surface area contributed by atoms with Gasteiger partial charge in [0, 0.05) is 6.61 Å². The molecule has 152 valence electrons. The lowest BCUT2D eigenvalue weighted by molar-refractivity contribution is 0.281. The normalized spacial score (nSPS) is 17.2. The van der Waals surface area contributed by atoms with Crippen molar-refractivity contribution in [3.63, 3.8) is 0 Å². The molecule has 0 amide bonds. The number of rotatable bonds is 10. The van der Waals surface area contributed by atoms with Crippen molar-refractivity contribution in [3.05, 3.63) is 64.7 Å². The van der Waals surface area contributed by atoms with Crippen LogP contribution in [0.1, 0.15) is 60.3 Å². The summed E-state index contributed by atoms with van der Waals surface area (Å²) in [5.74, 6) is 2.18. The van der Waals surface area contributed by atoms with Crippen molar-refractivity contribution in [2.45, 2.75) is 57.3 Å². The van der Waals surface area contributed by atoms with E-state index in [1.807, 2.05) is 6.07 Å². The highest BCUT2D eigenvalue weighted by Gasteiger charge is 2.20. The van der Waals surface area contributed by atoms with Gasteiger partial charge in [-0.1, -0.05) is 42.8 Å². The molecule has 0 unspecified atom stereocenters. The molecule has 0 fully saturated rings. The summed E-state index contributed by atoms with van der Waals surface area (Å²) in [6.07, 6.45) is 8.91. The molecule has 0 saturated carbocycles. The number of para-hydroxylation sites is 1. The number of ether oxygens (including phenoxy) is 1. The van der Waals surface area contributed by atoms with E-state index in [2.05, 4.69) is 36.4 Å². The molecule has 0 aliphatic heterocycles. The fraction of sp³-hybridized carbons (Fsp3) is 0.520. The van der Waals surface area contributed by atoms with Crippen molar-refractivity contribution in [3.8, 4) is 5.75 Å². The molecule has 0 bridgehead atoms. The van der Waals surface area contributed by atoms with E-state index in [0.29, 0.717) is 12.5 Å². The van der Waals surface area contributed by atoms with E-state index in [1.54, 1.807) is 7.11 Å². The number of unbranched alkanes of at least 4 members (excludes halogenated alkanes) is 1. The van der Waals surface area contributed by atoms with E-state index in [9.17, 15) is 0 Å². The minimum absolute atomic E-state index is 0.276. The highest BCUT2D eigenvalue weighted by Crippen LogP contribution is 2.32. The van der Waals surface area contributed by atoms with Crippen molar-refractivity contribution < 1.29 is 9.84 Å². The van der Waals surface area contributed by atoms with Crippen molar-refractivity contribution in [2.24, 2.45) is 11.7 Å². The van der Waals surface area contributed by atoms with Crippen LogP contribution in [0.3, 0.4) is 0 Å². The van der Waals surface area contributed by atoms with Crippen molar-refractivity contribution >= 4 is 0 Å². The predicted octanol–water partition coefficient (Wildman–Crippen LogP) is 4.64. The molecule has 0 spiro atoms. The second-order valence-electron chi connectivity index (χ2n) is 8.14. The molecule has 2 aromatic carbocycles. The maximum Gasteiger partial charge on any atom is 0.122 e. The van der Waals surface area contributed by atoms with Gasteiger partial charge >= 0.3 is 0 Å². The van der Waals surface area contributed by atoms with Crippen LogP contribution in [-0.2, 0) is 19.3 Å². The fourth-order valence-corrected chi connectivity index (χ4v) is 4.54. The Bertz CT molecular complexity index is 743. The van der Waals surface area contributed by atoms with Crippen LogP contribution < -0.4 is 10.5 Å². The highest BCUT2D eigenvalue weighted by atomic mass is 16.5. The van der Waals surface area contributed by atoms with Crippen molar-refractivity contribution in [2.75, 3.05) is 20.3 Å². The monoisotopic (exact) mass is 381 g/mol. The molecular weight excluding hydrogens is 346 g/mol. The van der Waals surface area contributed by atoms with E-state index >= 15 is 0 Å². The zero-order valence-electron chi connectivity index (χ0n) is 17.2. The van der Waals surface area contributed by atoms with Gasteiger partial charge in [0.2, 0.25) is 0 Å². The van der Waals surface area contributed by atoms with E-state index in [-0.39, 0.29) is 6.61 Å².